The van der Waals surface area contributed by atoms with Gasteiger partial charge in [-0.3, -0.25) is 11.8 Å². The van der Waals surface area contributed by atoms with E-state index in [4.69, 9.17) is 0 Å². The van der Waals surface area contributed by atoms with Gasteiger partial charge in [-0.05, 0) is 0 Å². The van der Waals surface area contributed by atoms with Gasteiger partial charge < -0.3 is 11.8 Å². The molecule has 0 N–H and O–H groups in total. The zero-order valence-corrected chi connectivity index (χ0v) is 14.7. The SMILES string of the molecule is C[C-](C)C#C[C-](C)C.[Zr+4].c1cc[cH-]c1.c1cc[cH-]c1. The minimum Gasteiger partial charge on any atom is -0.518 e. The molecule has 0 aliphatic rings. The molecule has 0 bridgehead atoms. The first-order valence-electron chi connectivity index (χ1n) is 6.08. The van der Waals surface area contributed by atoms with Gasteiger partial charge in [-0.2, -0.15) is 36.4 Å². The molecule has 0 fully saturated rings. The Bertz CT molecular complexity index is 310. The molecule has 2 rings (SSSR count). The van der Waals surface area contributed by atoms with Crippen LogP contribution in [0.4, 0.5) is 0 Å². The van der Waals surface area contributed by atoms with Crippen LogP contribution in [0.1, 0.15) is 27.7 Å². The molecule has 0 atom stereocenters. The third kappa shape index (κ3) is 19.4. The molecule has 0 heterocycles. The largest absolute Gasteiger partial charge is 4.00 e. The van der Waals surface area contributed by atoms with Gasteiger partial charge in [0, 0.05) is 0 Å². The Morgan fingerprint density at radius 2 is 0.895 bits per heavy atom. The molecule has 0 aromatic heterocycles. The molecule has 0 radical (unpaired) electrons. The van der Waals surface area contributed by atoms with E-state index >= 15 is 0 Å². The Morgan fingerprint density at radius 3 is 1.00 bits per heavy atom. The van der Waals surface area contributed by atoms with E-state index in [1.165, 1.54) is 11.8 Å². The van der Waals surface area contributed by atoms with Crippen LogP contribution in [0, 0.1) is 23.7 Å². The van der Waals surface area contributed by atoms with Crippen molar-refractivity contribution >= 4 is 0 Å². The second-order valence-corrected chi connectivity index (χ2v) is 4.17. The molecule has 1 heteroatoms. The van der Waals surface area contributed by atoms with Crippen molar-refractivity contribution in [3.05, 3.63) is 72.5 Å². The molecular formula is C18H22Zr. The third-order valence-electron chi connectivity index (χ3n) is 1.67. The average Bonchev–Trinajstić information content (AvgIpc) is 3.03. The monoisotopic (exact) mass is 328 g/mol. The Kier molecular flexibility index (Phi) is 15.9. The topological polar surface area (TPSA) is 0 Å². The Balaban J connectivity index is 0. The second kappa shape index (κ2) is 14.9. The molecule has 0 spiro atoms. The number of hydrogen-bond donors (Lipinski definition) is 0. The van der Waals surface area contributed by atoms with Crippen LogP contribution in [0.25, 0.3) is 0 Å². The van der Waals surface area contributed by atoms with Gasteiger partial charge in [0.15, 0.2) is 0 Å². The summed E-state index contributed by atoms with van der Waals surface area (Å²) in [7, 11) is 0. The standard InChI is InChI=1S/C8H12.2C5H5.Zr/c1-7(2)5-6-8(3)4;2*1-2-4-5-3-1;/h1-4H3;2*1-5H;/q-2;2*-1;+4. The summed E-state index contributed by atoms with van der Waals surface area (Å²) >= 11 is 0. The first-order valence-corrected chi connectivity index (χ1v) is 6.08. The van der Waals surface area contributed by atoms with E-state index in [9.17, 15) is 0 Å². The number of rotatable bonds is 0. The molecule has 19 heavy (non-hydrogen) atoms. The van der Waals surface area contributed by atoms with Crippen LogP contribution in [-0.4, -0.2) is 0 Å². The third-order valence-corrected chi connectivity index (χ3v) is 1.67. The molecule has 0 aliphatic carbocycles. The summed E-state index contributed by atoms with van der Waals surface area (Å²) in [6, 6.07) is 20.0. The zero-order valence-electron chi connectivity index (χ0n) is 12.3. The maximum absolute atomic E-state index is 2.97. The minimum absolute atomic E-state index is 0. The Labute approximate surface area is 138 Å². The van der Waals surface area contributed by atoms with Gasteiger partial charge in [-0.25, -0.2) is 24.3 Å². The van der Waals surface area contributed by atoms with Gasteiger partial charge in [0.2, 0.25) is 0 Å². The number of hydrogen-bond acceptors (Lipinski definition) is 0. The first kappa shape index (κ1) is 20.2. The van der Waals surface area contributed by atoms with Crippen molar-refractivity contribution < 1.29 is 26.2 Å². The van der Waals surface area contributed by atoms with Gasteiger partial charge in [0.1, 0.15) is 0 Å². The molecule has 0 saturated heterocycles. The van der Waals surface area contributed by atoms with Crippen LogP contribution >= 0.6 is 0 Å². The van der Waals surface area contributed by atoms with Crippen molar-refractivity contribution in [2.75, 3.05) is 0 Å². The molecular weight excluding hydrogens is 307 g/mol. The molecule has 0 nitrogen and oxygen atoms in total. The van der Waals surface area contributed by atoms with Crippen molar-refractivity contribution in [2.45, 2.75) is 27.7 Å². The van der Waals surface area contributed by atoms with Crippen LogP contribution in [0.3, 0.4) is 0 Å². The average molecular weight is 330 g/mol. The molecule has 2 aromatic carbocycles. The summed E-state index contributed by atoms with van der Waals surface area (Å²) in [6.45, 7) is 8.04. The quantitative estimate of drug-likeness (QED) is 0.470. The molecule has 0 amide bonds. The Hall–Kier alpha value is -1.12. The van der Waals surface area contributed by atoms with E-state index in [1.54, 1.807) is 0 Å². The zero-order chi connectivity index (χ0) is 13.6. The minimum atomic E-state index is 0. The maximum Gasteiger partial charge on any atom is 4.00 e. The van der Waals surface area contributed by atoms with Gasteiger partial charge in [0.25, 0.3) is 0 Å². The van der Waals surface area contributed by atoms with E-state index in [2.05, 4.69) is 11.8 Å². The fraction of sp³-hybridized carbons (Fsp3) is 0.222. The maximum atomic E-state index is 2.97. The molecule has 0 unspecified atom stereocenters. The summed E-state index contributed by atoms with van der Waals surface area (Å²) in [5.41, 5.74) is 0. The molecule has 2 aromatic rings. The molecule has 0 saturated carbocycles. The predicted octanol–water partition coefficient (Wildman–Crippen LogP) is 5.03. The van der Waals surface area contributed by atoms with Gasteiger partial charge >= 0.3 is 26.2 Å². The van der Waals surface area contributed by atoms with E-state index in [1.807, 2.05) is 88.4 Å². The van der Waals surface area contributed by atoms with Gasteiger partial charge in [-0.1, -0.05) is 0 Å². The predicted molar refractivity (Wildman–Crippen MR) is 81.0 cm³/mol. The van der Waals surface area contributed by atoms with E-state index in [-0.39, 0.29) is 26.2 Å². The summed E-state index contributed by atoms with van der Waals surface area (Å²) in [4.78, 5) is 0. The van der Waals surface area contributed by atoms with E-state index in [0.717, 1.165) is 0 Å². The smallest absolute Gasteiger partial charge is 0.518 e. The van der Waals surface area contributed by atoms with E-state index < -0.39 is 0 Å². The summed E-state index contributed by atoms with van der Waals surface area (Å²) < 4.78 is 0. The van der Waals surface area contributed by atoms with Crippen molar-refractivity contribution in [1.82, 2.24) is 0 Å². The fourth-order valence-corrected chi connectivity index (χ4v) is 0.892. The first-order chi connectivity index (χ1) is 8.63. The van der Waals surface area contributed by atoms with E-state index in [0.29, 0.717) is 0 Å². The summed E-state index contributed by atoms with van der Waals surface area (Å²) in [6.07, 6.45) is 0. The summed E-state index contributed by atoms with van der Waals surface area (Å²) in [5.74, 6) is 8.29. The van der Waals surface area contributed by atoms with Crippen LogP contribution in [0.2, 0.25) is 0 Å². The van der Waals surface area contributed by atoms with Crippen molar-refractivity contribution in [3.63, 3.8) is 0 Å². The van der Waals surface area contributed by atoms with Crippen LogP contribution < -0.4 is 0 Å². The fourth-order valence-electron chi connectivity index (χ4n) is 0.892. The van der Waals surface area contributed by atoms with Crippen molar-refractivity contribution in [3.8, 4) is 11.8 Å². The van der Waals surface area contributed by atoms with Gasteiger partial charge in [-0.15, -0.1) is 27.7 Å². The van der Waals surface area contributed by atoms with Gasteiger partial charge in [0.05, 0.1) is 0 Å². The normalized spacial score (nSPS) is 7.16. The van der Waals surface area contributed by atoms with Crippen LogP contribution in [-0.2, 0) is 26.2 Å². The molecule has 0 aliphatic heterocycles. The Morgan fingerprint density at radius 1 is 0.632 bits per heavy atom. The van der Waals surface area contributed by atoms with Crippen molar-refractivity contribution in [2.24, 2.45) is 0 Å². The van der Waals surface area contributed by atoms with Crippen LogP contribution in [0.15, 0.2) is 60.7 Å². The second-order valence-electron chi connectivity index (χ2n) is 4.17. The van der Waals surface area contributed by atoms with Crippen molar-refractivity contribution in [1.29, 1.82) is 0 Å². The summed E-state index contributed by atoms with van der Waals surface area (Å²) in [5, 5.41) is 0. The van der Waals surface area contributed by atoms with Crippen LogP contribution in [0.5, 0.6) is 0 Å². The molecule has 98 valence electrons.